The second kappa shape index (κ2) is 6.03. The van der Waals surface area contributed by atoms with Crippen LogP contribution in [0.5, 0.6) is 0 Å². The zero-order chi connectivity index (χ0) is 13.0. The first-order chi connectivity index (χ1) is 8.04. The summed E-state index contributed by atoms with van der Waals surface area (Å²) in [6.07, 6.45) is 2.71. The first-order valence-electron chi connectivity index (χ1n) is 6.64. The Hall–Kier alpha value is -1.06. The highest BCUT2D eigenvalue weighted by Crippen LogP contribution is 2.18. The summed E-state index contributed by atoms with van der Waals surface area (Å²) in [5, 5.41) is 2.82. The van der Waals surface area contributed by atoms with E-state index in [1.807, 2.05) is 13.8 Å². The van der Waals surface area contributed by atoms with Gasteiger partial charge in [0.2, 0.25) is 11.8 Å². The molecule has 2 amide bonds. The molecule has 0 radical (unpaired) electrons. The van der Waals surface area contributed by atoms with E-state index in [1.54, 1.807) is 4.90 Å². The van der Waals surface area contributed by atoms with Gasteiger partial charge in [-0.1, -0.05) is 34.1 Å². The molecule has 0 aromatic carbocycles. The van der Waals surface area contributed by atoms with Crippen molar-refractivity contribution in [3.8, 4) is 0 Å². The van der Waals surface area contributed by atoms with Crippen molar-refractivity contribution in [2.24, 2.45) is 5.92 Å². The van der Waals surface area contributed by atoms with Crippen LogP contribution in [0.15, 0.2) is 0 Å². The molecule has 0 aromatic rings. The largest absolute Gasteiger partial charge is 0.342 e. The van der Waals surface area contributed by atoms with Gasteiger partial charge < -0.3 is 10.2 Å². The summed E-state index contributed by atoms with van der Waals surface area (Å²) in [6, 6.07) is -0.137. The van der Waals surface area contributed by atoms with Crippen LogP contribution in [0.25, 0.3) is 0 Å². The van der Waals surface area contributed by atoms with E-state index in [-0.39, 0.29) is 36.4 Å². The molecule has 0 spiro atoms. The first kappa shape index (κ1) is 14.0. The van der Waals surface area contributed by atoms with Gasteiger partial charge in [-0.3, -0.25) is 9.59 Å². The number of hydrogen-bond acceptors (Lipinski definition) is 2. The molecule has 17 heavy (non-hydrogen) atoms. The molecule has 0 bridgehead atoms. The highest BCUT2D eigenvalue weighted by molar-refractivity contribution is 5.95. The quantitative estimate of drug-likeness (QED) is 0.792. The second-order valence-electron chi connectivity index (χ2n) is 4.87. The van der Waals surface area contributed by atoms with E-state index in [1.165, 1.54) is 0 Å². The van der Waals surface area contributed by atoms with Crippen molar-refractivity contribution in [3.63, 3.8) is 0 Å². The van der Waals surface area contributed by atoms with Crippen LogP contribution in [0.3, 0.4) is 0 Å². The van der Waals surface area contributed by atoms with Gasteiger partial charge in [-0.25, -0.2) is 0 Å². The van der Waals surface area contributed by atoms with Crippen LogP contribution in [0.2, 0.25) is 0 Å². The molecule has 1 aliphatic rings. The molecule has 98 valence electrons. The van der Waals surface area contributed by atoms with Crippen LogP contribution < -0.4 is 5.32 Å². The summed E-state index contributed by atoms with van der Waals surface area (Å²) in [5.74, 6) is 0.262. The number of hydrogen-bond donors (Lipinski definition) is 1. The Morgan fingerprint density at radius 3 is 2.29 bits per heavy atom. The van der Waals surface area contributed by atoms with Gasteiger partial charge in [0, 0.05) is 6.04 Å². The van der Waals surface area contributed by atoms with Gasteiger partial charge in [0.05, 0.1) is 6.54 Å². The van der Waals surface area contributed by atoms with Crippen LogP contribution in [-0.2, 0) is 9.59 Å². The topological polar surface area (TPSA) is 49.4 Å². The molecule has 1 heterocycles. The zero-order valence-electron chi connectivity index (χ0n) is 11.3. The van der Waals surface area contributed by atoms with Crippen molar-refractivity contribution in [2.75, 3.05) is 6.54 Å². The molecule has 1 N–H and O–H groups in total. The van der Waals surface area contributed by atoms with E-state index in [0.29, 0.717) is 0 Å². The van der Waals surface area contributed by atoms with E-state index in [0.717, 1.165) is 19.3 Å². The number of amides is 2. The van der Waals surface area contributed by atoms with Crippen molar-refractivity contribution in [3.05, 3.63) is 0 Å². The Labute approximate surface area is 104 Å². The maximum atomic E-state index is 12.3. The minimum absolute atomic E-state index is 0.0261. The van der Waals surface area contributed by atoms with Gasteiger partial charge in [0.1, 0.15) is 6.04 Å². The molecule has 0 aromatic heterocycles. The fraction of sp³-hybridized carbons (Fsp3) is 0.846. The first-order valence-corrected chi connectivity index (χ1v) is 6.64. The number of nitrogens with zero attached hydrogens (tertiary/aromatic N) is 1. The van der Waals surface area contributed by atoms with E-state index in [2.05, 4.69) is 19.2 Å². The van der Waals surface area contributed by atoms with E-state index in [4.69, 9.17) is 0 Å². The Bertz CT molecular complexity index is 287. The van der Waals surface area contributed by atoms with Crippen LogP contribution in [0, 0.1) is 5.92 Å². The van der Waals surface area contributed by atoms with Gasteiger partial charge in [0.15, 0.2) is 0 Å². The minimum atomic E-state index is -0.332. The molecule has 0 saturated carbocycles. The average molecular weight is 240 g/mol. The van der Waals surface area contributed by atoms with Crippen molar-refractivity contribution >= 4 is 11.8 Å². The molecule has 1 fully saturated rings. The molecule has 1 aliphatic heterocycles. The van der Waals surface area contributed by atoms with E-state index < -0.39 is 0 Å². The number of piperazine rings is 1. The number of carbonyl (C=O) groups excluding carboxylic acids is 2. The zero-order valence-corrected chi connectivity index (χ0v) is 11.3. The summed E-state index contributed by atoms with van der Waals surface area (Å²) in [7, 11) is 0. The number of rotatable bonds is 5. The normalized spacial score (nSPS) is 22.9. The predicted octanol–water partition coefficient (Wildman–Crippen LogP) is 1.55. The summed E-state index contributed by atoms with van der Waals surface area (Å²) in [6.45, 7) is 8.40. The molecule has 4 nitrogen and oxygen atoms in total. The fourth-order valence-electron chi connectivity index (χ4n) is 2.35. The van der Waals surface area contributed by atoms with Crippen LogP contribution >= 0.6 is 0 Å². The van der Waals surface area contributed by atoms with E-state index in [9.17, 15) is 9.59 Å². The van der Waals surface area contributed by atoms with Gasteiger partial charge in [-0.05, 0) is 18.8 Å². The average Bonchev–Trinajstić information content (AvgIpc) is 2.33. The lowest BCUT2D eigenvalue weighted by Gasteiger charge is -2.39. The highest BCUT2D eigenvalue weighted by atomic mass is 16.2. The molecular weight excluding hydrogens is 216 g/mol. The highest BCUT2D eigenvalue weighted by Gasteiger charge is 2.37. The van der Waals surface area contributed by atoms with E-state index >= 15 is 0 Å². The minimum Gasteiger partial charge on any atom is -0.342 e. The maximum Gasteiger partial charge on any atom is 0.246 e. The lowest BCUT2D eigenvalue weighted by molar-refractivity contribution is -0.148. The van der Waals surface area contributed by atoms with Crippen LogP contribution in [-0.4, -0.2) is 35.3 Å². The van der Waals surface area contributed by atoms with Crippen molar-refractivity contribution in [1.82, 2.24) is 10.2 Å². The van der Waals surface area contributed by atoms with Gasteiger partial charge in [-0.15, -0.1) is 0 Å². The molecule has 2 unspecified atom stereocenters. The third kappa shape index (κ3) is 2.99. The summed E-state index contributed by atoms with van der Waals surface area (Å²) in [4.78, 5) is 25.8. The Kier molecular flexibility index (Phi) is 4.97. The summed E-state index contributed by atoms with van der Waals surface area (Å²) >= 11 is 0. The predicted molar refractivity (Wildman–Crippen MR) is 67.5 cm³/mol. The summed E-state index contributed by atoms with van der Waals surface area (Å²) in [5.41, 5.74) is 0. The molecular formula is C13H24N2O2. The molecule has 4 heteroatoms. The SMILES string of the molecule is CCC(C)C1NC(=O)CN(C(CC)CC)C1=O. The Balaban J connectivity index is 2.85. The van der Waals surface area contributed by atoms with Gasteiger partial charge in [-0.2, -0.15) is 0 Å². The van der Waals surface area contributed by atoms with Crippen LogP contribution in [0.1, 0.15) is 47.0 Å². The third-order valence-corrected chi connectivity index (χ3v) is 3.78. The second-order valence-corrected chi connectivity index (χ2v) is 4.87. The Morgan fingerprint density at radius 2 is 1.82 bits per heavy atom. The van der Waals surface area contributed by atoms with Gasteiger partial charge >= 0.3 is 0 Å². The molecule has 2 atom stereocenters. The van der Waals surface area contributed by atoms with Gasteiger partial charge in [0.25, 0.3) is 0 Å². The number of nitrogens with one attached hydrogen (secondary N) is 1. The van der Waals surface area contributed by atoms with Crippen LogP contribution in [0.4, 0.5) is 0 Å². The lowest BCUT2D eigenvalue weighted by Crippen LogP contribution is -2.62. The summed E-state index contributed by atoms with van der Waals surface area (Å²) < 4.78 is 0. The standard InChI is InChI=1S/C13H24N2O2/c1-5-9(4)12-13(17)15(8-11(16)14-12)10(6-2)7-3/h9-10,12H,5-8H2,1-4H3,(H,14,16). The lowest BCUT2D eigenvalue weighted by atomic mass is 9.95. The fourth-order valence-corrected chi connectivity index (χ4v) is 2.35. The molecule has 1 saturated heterocycles. The molecule has 0 aliphatic carbocycles. The third-order valence-electron chi connectivity index (χ3n) is 3.78. The molecule has 1 rings (SSSR count). The van der Waals surface area contributed by atoms with Crippen molar-refractivity contribution < 1.29 is 9.59 Å². The Morgan fingerprint density at radius 1 is 1.24 bits per heavy atom. The monoisotopic (exact) mass is 240 g/mol. The smallest absolute Gasteiger partial charge is 0.246 e. The van der Waals surface area contributed by atoms with Crippen molar-refractivity contribution in [2.45, 2.75) is 59.0 Å². The number of carbonyl (C=O) groups is 2. The van der Waals surface area contributed by atoms with Crippen molar-refractivity contribution in [1.29, 1.82) is 0 Å². The maximum absolute atomic E-state index is 12.3.